The van der Waals surface area contributed by atoms with E-state index in [1.165, 1.54) is 0 Å². The number of carbonyl (C=O) groups is 2. The molecule has 1 saturated carbocycles. The lowest BCUT2D eigenvalue weighted by Gasteiger charge is -2.44. The predicted molar refractivity (Wildman–Crippen MR) is 87.3 cm³/mol. The summed E-state index contributed by atoms with van der Waals surface area (Å²) >= 11 is 1.94. The quantitative estimate of drug-likeness (QED) is 0.848. The molecule has 5 heteroatoms. The zero-order chi connectivity index (χ0) is 15.6. The van der Waals surface area contributed by atoms with Crippen LogP contribution < -0.4 is 5.32 Å². The maximum Gasteiger partial charge on any atom is 0.246 e. The van der Waals surface area contributed by atoms with Crippen molar-refractivity contribution in [3.63, 3.8) is 0 Å². The number of nitrogens with zero attached hydrogens (tertiary/aromatic N) is 1. The molecule has 1 aliphatic heterocycles. The molecular weight excluding hydrogens is 284 g/mol. The summed E-state index contributed by atoms with van der Waals surface area (Å²) in [6.07, 6.45) is 4.06. The first-order valence-electron chi connectivity index (χ1n) is 8.25. The van der Waals surface area contributed by atoms with E-state index in [1.807, 2.05) is 37.4 Å². The predicted octanol–water partition coefficient (Wildman–Crippen LogP) is 2.42. The lowest BCUT2D eigenvalue weighted by Crippen LogP contribution is -2.67. The molecule has 1 saturated heterocycles. The molecule has 1 heterocycles. The molecule has 0 aromatic carbocycles. The third kappa shape index (κ3) is 3.22. The van der Waals surface area contributed by atoms with E-state index in [2.05, 4.69) is 12.2 Å². The maximum atomic E-state index is 12.9. The summed E-state index contributed by atoms with van der Waals surface area (Å²) in [5.41, 5.74) is 0. The summed E-state index contributed by atoms with van der Waals surface area (Å²) in [4.78, 5) is 27.3. The molecule has 0 radical (unpaired) electrons. The molecule has 1 aliphatic carbocycles. The van der Waals surface area contributed by atoms with Gasteiger partial charge in [-0.15, -0.1) is 0 Å². The molecule has 120 valence electrons. The summed E-state index contributed by atoms with van der Waals surface area (Å²) in [5.74, 6) is 1.37. The standard InChI is InChI=1S/C16H28N2O2S/c1-5-11-15(19)17-14(10(3)4)16(20)18(11)12-8-7-9-13(12)21-6-2/h10-14H,5-9H2,1-4H3,(H,17,19). The first-order chi connectivity index (χ1) is 10.0. The van der Waals surface area contributed by atoms with E-state index in [0.29, 0.717) is 11.7 Å². The largest absolute Gasteiger partial charge is 0.342 e. The monoisotopic (exact) mass is 312 g/mol. The van der Waals surface area contributed by atoms with Crippen LogP contribution in [0.15, 0.2) is 0 Å². The Balaban J connectivity index is 2.26. The van der Waals surface area contributed by atoms with Gasteiger partial charge in [-0.05, 0) is 30.9 Å². The minimum atomic E-state index is -0.354. The van der Waals surface area contributed by atoms with Gasteiger partial charge in [0.1, 0.15) is 12.1 Å². The first kappa shape index (κ1) is 16.7. The van der Waals surface area contributed by atoms with Crippen molar-refractivity contribution in [1.82, 2.24) is 10.2 Å². The highest BCUT2D eigenvalue weighted by atomic mass is 32.2. The molecule has 0 aromatic heterocycles. The lowest BCUT2D eigenvalue weighted by molar-refractivity contribution is -0.153. The lowest BCUT2D eigenvalue weighted by atomic mass is 9.95. The van der Waals surface area contributed by atoms with Gasteiger partial charge in [-0.3, -0.25) is 9.59 Å². The fourth-order valence-corrected chi connectivity index (χ4v) is 4.86. The highest BCUT2D eigenvalue weighted by molar-refractivity contribution is 7.99. The fourth-order valence-electron chi connectivity index (χ4n) is 3.61. The van der Waals surface area contributed by atoms with Crippen LogP contribution in [0.5, 0.6) is 0 Å². The topological polar surface area (TPSA) is 49.4 Å². The Labute approximate surface area is 132 Å². The van der Waals surface area contributed by atoms with Crippen molar-refractivity contribution in [2.45, 2.75) is 76.8 Å². The SMILES string of the molecule is CCSC1CCCC1N1C(=O)C(C(C)C)NC(=O)C1CC. The highest BCUT2D eigenvalue weighted by Crippen LogP contribution is 2.36. The molecule has 1 N–H and O–H groups in total. The summed E-state index contributed by atoms with van der Waals surface area (Å²) < 4.78 is 0. The van der Waals surface area contributed by atoms with Crippen LogP contribution in [0, 0.1) is 5.92 Å². The minimum absolute atomic E-state index is 0.0305. The van der Waals surface area contributed by atoms with Gasteiger partial charge in [0.2, 0.25) is 11.8 Å². The van der Waals surface area contributed by atoms with Crippen molar-refractivity contribution in [2.75, 3.05) is 5.75 Å². The molecule has 0 bridgehead atoms. The number of hydrogen-bond donors (Lipinski definition) is 1. The molecule has 2 rings (SSSR count). The summed E-state index contributed by atoms with van der Waals surface area (Å²) in [5, 5.41) is 3.42. The van der Waals surface area contributed by atoms with E-state index in [1.54, 1.807) is 0 Å². The van der Waals surface area contributed by atoms with Crippen molar-refractivity contribution in [2.24, 2.45) is 5.92 Å². The maximum absolute atomic E-state index is 12.9. The van der Waals surface area contributed by atoms with Gasteiger partial charge in [-0.25, -0.2) is 0 Å². The van der Waals surface area contributed by atoms with Gasteiger partial charge in [0.15, 0.2) is 0 Å². The summed E-state index contributed by atoms with van der Waals surface area (Å²) in [7, 11) is 0. The van der Waals surface area contributed by atoms with Crippen molar-refractivity contribution in [3.8, 4) is 0 Å². The average Bonchev–Trinajstić information content (AvgIpc) is 2.88. The Kier molecular flexibility index (Phi) is 5.58. The second-order valence-corrected chi connectivity index (χ2v) is 7.91. The number of rotatable bonds is 5. The molecule has 0 aromatic rings. The molecule has 21 heavy (non-hydrogen) atoms. The van der Waals surface area contributed by atoms with Gasteiger partial charge in [0.25, 0.3) is 0 Å². The van der Waals surface area contributed by atoms with Crippen molar-refractivity contribution in [1.29, 1.82) is 0 Å². The Morgan fingerprint density at radius 1 is 1.29 bits per heavy atom. The summed E-state index contributed by atoms with van der Waals surface area (Å²) in [6.45, 7) is 8.16. The van der Waals surface area contributed by atoms with Gasteiger partial charge in [-0.2, -0.15) is 11.8 Å². The van der Waals surface area contributed by atoms with Gasteiger partial charge in [-0.1, -0.05) is 34.1 Å². The third-order valence-corrected chi connectivity index (χ3v) is 5.98. The first-order valence-corrected chi connectivity index (χ1v) is 9.30. The second kappa shape index (κ2) is 7.03. The zero-order valence-corrected chi connectivity index (χ0v) is 14.4. The number of carbonyl (C=O) groups excluding carboxylic acids is 2. The molecule has 2 aliphatic rings. The van der Waals surface area contributed by atoms with Crippen LogP contribution in [0.3, 0.4) is 0 Å². The van der Waals surface area contributed by atoms with Gasteiger partial charge in [0.05, 0.1) is 0 Å². The average molecular weight is 312 g/mol. The number of thioether (sulfide) groups is 1. The van der Waals surface area contributed by atoms with Crippen molar-refractivity contribution >= 4 is 23.6 Å². The van der Waals surface area contributed by atoms with E-state index in [0.717, 1.165) is 25.0 Å². The van der Waals surface area contributed by atoms with Gasteiger partial charge < -0.3 is 10.2 Å². The van der Waals surface area contributed by atoms with Crippen LogP contribution in [0.1, 0.15) is 53.4 Å². The molecule has 2 amide bonds. The van der Waals surface area contributed by atoms with Crippen LogP contribution in [0.25, 0.3) is 0 Å². The Hall–Kier alpha value is -0.710. The molecule has 4 atom stereocenters. The van der Waals surface area contributed by atoms with Crippen LogP contribution >= 0.6 is 11.8 Å². The van der Waals surface area contributed by atoms with Crippen LogP contribution in [-0.4, -0.2) is 45.8 Å². The second-order valence-electron chi connectivity index (χ2n) is 6.39. The zero-order valence-electron chi connectivity index (χ0n) is 13.6. The molecule has 2 fully saturated rings. The number of amides is 2. The van der Waals surface area contributed by atoms with E-state index < -0.39 is 0 Å². The number of hydrogen-bond acceptors (Lipinski definition) is 3. The highest BCUT2D eigenvalue weighted by Gasteiger charge is 2.46. The Morgan fingerprint density at radius 3 is 2.57 bits per heavy atom. The van der Waals surface area contributed by atoms with Crippen LogP contribution in [0.2, 0.25) is 0 Å². The summed E-state index contributed by atoms with van der Waals surface area (Å²) in [6, 6.07) is -0.400. The Bertz CT molecular complexity index is 400. The van der Waals surface area contributed by atoms with Crippen molar-refractivity contribution in [3.05, 3.63) is 0 Å². The van der Waals surface area contributed by atoms with E-state index in [-0.39, 0.29) is 35.9 Å². The number of piperazine rings is 1. The number of nitrogens with one attached hydrogen (secondary N) is 1. The molecular formula is C16H28N2O2S. The molecule has 0 spiro atoms. The molecule has 4 nitrogen and oxygen atoms in total. The van der Waals surface area contributed by atoms with Crippen LogP contribution in [0.4, 0.5) is 0 Å². The minimum Gasteiger partial charge on any atom is -0.342 e. The molecule has 4 unspecified atom stereocenters. The van der Waals surface area contributed by atoms with E-state index >= 15 is 0 Å². The third-order valence-electron chi connectivity index (χ3n) is 4.67. The fraction of sp³-hybridized carbons (Fsp3) is 0.875. The van der Waals surface area contributed by atoms with E-state index in [9.17, 15) is 9.59 Å². The normalized spacial score (nSPS) is 33.7. The van der Waals surface area contributed by atoms with Gasteiger partial charge >= 0.3 is 0 Å². The van der Waals surface area contributed by atoms with Gasteiger partial charge in [0, 0.05) is 11.3 Å². The smallest absolute Gasteiger partial charge is 0.246 e. The Morgan fingerprint density at radius 2 is 2.00 bits per heavy atom. The van der Waals surface area contributed by atoms with Crippen molar-refractivity contribution < 1.29 is 9.59 Å². The van der Waals surface area contributed by atoms with E-state index in [4.69, 9.17) is 0 Å². The van der Waals surface area contributed by atoms with Crippen LogP contribution in [-0.2, 0) is 9.59 Å².